The molecule has 0 amide bonds. The predicted octanol–water partition coefficient (Wildman–Crippen LogP) is 1.85. The molecule has 0 aliphatic carbocycles. The maximum atomic E-state index is 4.46. The van der Waals surface area contributed by atoms with E-state index in [0.29, 0.717) is 0 Å². The molecule has 1 aromatic rings. The maximum Gasteiger partial charge on any atom is 0.0573 e. The molecular weight excluding hydrogens is 234 g/mol. The molecule has 0 saturated carbocycles. The van der Waals surface area contributed by atoms with Crippen LogP contribution in [0.1, 0.15) is 17.7 Å². The van der Waals surface area contributed by atoms with Crippen molar-refractivity contribution >= 4 is 12.4 Å². The largest absolute Gasteiger partial charge is 0.319 e. The van der Waals surface area contributed by atoms with E-state index in [0.717, 1.165) is 19.0 Å². The van der Waals surface area contributed by atoms with E-state index >= 15 is 0 Å². The fourth-order valence-electron chi connectivity index (χ4n) is 2.41. The summed E-state index contributed by atoms with van der Waals surface area (Å²) in [5.41, 5.74) is 2.53. The average molecular weight is 256 g/mol. The zero-order chi connectivity index (χ0) is 11.4. The van der Waals surface area contributed by atoms with E-state index in [9.17, 15) is 0 Å². The van der Waals surface area contributed by atoms with Gasteiger partial charge < -0.3 is 5.32 Å². The third kappa shape index (κ3) is 3.95. The van der Waals surface area contributed by atoms with E-state index in [4.69, 9.17) is 0 Å². The number of nitrogens with zero attached hydrogens (tertiary/aromatic N) is 2. The van der Waals surface area contributed by atoms with Crippen LogP contribution >= 0.6 is 12.4 Å². The minimum atomic E-state index is 0. The highest BCUT2D eigenvalue weighted by Crippen LogP contribution is 2.18. The first-order chi connectivity index (χ1) is 7.79. The molecule has 0 spiro atoms. The molecule has 17 heavy (non-hydrogen) atoms. The number of halogens is 1. The SMILES string of the molecule is CNCC1CCN(Cc2ncccc2C)C1.Cl. The molecule has 2 heterocycles. The Morgan fingerprint density at radius 1 is 1.53 bits per heavy atom. The molecule has 1 aromatic heterocycles. The first kappa shape index (κ1) is 14.4. The third-order valence-corrected chi connectivity index (χ3v) is 3.35. The van der Waals surface area contributed by atoms with Crippen molar-refractivity contribution in [2.45, 2.75) is 19.9 Å². The van der Waals surface area contributed by atoms with Crippen molar-refractivity contribution in [2.24, 2.45) is 5.92 Å². The molecule has 1 aliphatic heterocycles. The smallest absolute Gasteiger partial charge is 0.0573 e. The van der Waals surface area contributed by atoms with Crippen LogP contribution in [0.2, 0.25) is 0 Å². The topological polar surface area (TPSA) is 28.2 Å². The molecule has 0 bridgehead atoms. The molecular formula is C13H22ClN3. The lowest BCUT2D eigenvalue weighted by atomic mass is 10.1. The van der Waals surface area contributed by atoms with Gasteiger partial charge in [-0.3, -0.25) is 9.88 Å². The minimum absolute atomic E-state index is 0. The molecule has 1 fully saturated rings. The third-order valence-electron chi connectivity index (χ3n) is 3.35. The van der Waals surface area contributed by atoms with E-state index < -0.39 is 0 Å². The Morgan fingerprint density at radius 3 is 3.06 bits per heavy atom. The van der Waals surface area contributed by atoms with E-state index in [-0.39, 0.29) is 12.4 Å². The fourth-order valence-corrected chi connectivity index (χ4v) is 2.41. The quantitative estimate of drug-likeness (QED) is 0.890. The van der Waals surface area contributed by atoms with Crippen LogP contribution in [0, 0.1) is 12.8 Å². The van der Waals surface area contributed by atoms with E-state index in [1.165, 1.54) is 30.8 Å². The van der Waals surface area contributed by atoms with Gasteiger partial charge in [0.25, 0.3) is 0 Å². The summed E-state index contributed by atoms with van der Waals surface area (Å²) in [4.78, 5) is 6.97. The second-order valence-corrected chi connectivity index (χ2v) is 4.71. The summed E-state index contributed by atoms with van der Waals surface area (Å²) in [7, 11) is 2.03. The molecule has 3 nitrogen and oxygen atoms in total. The Labute approximate surface area is 110 Å². The van der Waals surface area contributed by atoms with Crippen molar-refractivity contribution < 1.29 is 0 Å². The zero-order valence-corrected chi connectivity index (χ0v) is 11.5. The van der Waals surface area contributed by atoms with Gasteiger partial charge >= 0.3 is 0 Å². The van der Waals surface area contributed by atoms with Gasteiger partial charge in [-0.15, -0.1) is 12.4 Å². The summed E-state index contributed by atoms with van der Waals surface area (Å²) in [6.45, 7) is 6.70. The van der Waals surface area contributed by atoms with Crippen LogP contribution < -0.4 is 5.32 Å². The molecule has 1 N–H and O–H groups in total. The highest BCUT2D eigenvalue weighted by atomic mass is 35.5. The average Bonchev–Trinajstić information content (AvgIpc) is 2.70. The van der Waals surface area contributed by atoms with E-state index in [2.05, 4.69) is 28.2 Å². The zero-order valence-electron chi connectivity index (χ0n) is 10.6. The van der Waals surface area contributed by atoms with Crippen molar-refractivity contribution in [3.63, 3.8) is 0 Å². The second-order valence-electron chi connectivity index (χ2n) is 4.71. The Morgan fingerprint density at radius 2 is 2.35 bits per heavy atom. The van der Waals surface area contributed by atoms with Gasteiger partial charge in [-0.25, -0.2) is 0 Å². The molecule has 0 aromatic carbocycles. The van der Waals surface area contributed by atoms with Gasteiger partial charge in [0, 0.05) is 19.3 Å². The summed E-state index contributed by atoms with van der Waals surface area (Å²) in [6.07, 6.45) is 3.20. The second kappa shape index (κ2) is 6.94. The number of nitrogens with one attached hydrogen (secondary N) is 1. The van der Waals surface area contributed by atoms with Gasteiger partial charge in [-0.2, -0.15) is 0 Å². The molecule has 1 unspecified atom stereocenters. The van der Waals surface area contributed by atoms with Gasteiger partial charge in [-0.05, 0) is 51.0 Å². The predicted molar refractivity (Wildman–Crippen MR) is 73.5 cm³/mol. The van der Waals surface area contributed by atoms with Crippen LogP contribution in [0.4, 0.5) is 0 Å². The normalized spacial score (nSPS) is 20.2. The number of hydrogen-bond donors (Lipinski definition) is 1. The van der Waals surface area contributed by atoms with Crippen LogP contribution in [-0.4, -0.2) is 36.6 Å². The number of likely N-dealkylation sites (tertiary alicyclic amines) is 1. The Hall–Kier alpha value is -0.640. The number of aromatic nitrogens is 1. The van der Waals surface area contributed by atoms with Crippen molar-refractivity contribution in [3.05, 3.63) is 29.6 Å². The lowest BCUT2D eigenvalue weighted by Crippen LogP contribution is -2.24. The lowest BCUT2D eigenvalue weighted by molar-refractivity contribution is 0.311. The molecule has 1 aliphatic rings. The number of hydrogen-bond acceptors (Lipinski definition) is 3. The first-order valence-electron chi connectivity index (χ1n) is 6.07. The van der Waals surface area contributed by atoms with Crippen molar-refractivity contribution in [1.29, 1.82) is 0 Å². The van der Waals surface area contributed by atoms with Gasteiger partial charge in [0.1, 0.15) is 0 Å². The van der Waals surface area contributed by atoms with Crippen LogP contribution in [0.25, 0.3) is 0 Å². The molecule has 1 saturated heterocycles. The Kier molecular flexibility index (Phi) is 5.89. The van der Waals surface area contributed by atoms with Gasteiger partial charge in [0.05, 0.1) is 5.69 Å². The molecule has 1 atom stereocenters. The highest BCUT2D eigenvalue weighted by molar-refractivity contribution is 5.85. The molecule has 96 valence electrons. The Bertz CT molecular complexity index is 343. The molecule has 0 radical (unpaired) electrons. The Balaban J connectivity index is 0.00000144. The van der Waals surface area contributed by atoms with E-state index in [1.807, 2.05) is 19.3 Å². The van der Waals surface area contributed by atoms with Crippen LogP contribution in [-0.2, 0) is 6.54 Å². The standard InChI is InChI=1S/C13H21N3.ClH/c1-11-4-3-6-15-13(11)10-16-7-5-12(9-16)8-14-2;/h3-4,6,12,14H,5,7-10H2,1-2H3;1H. The summed E-state index contributed by atoms with van der Waals surface area (Å²) in [5.74, 6) is 0.814. The van der Waals surface area contributed by atoms with Gasteiger partial charge in [0.2, 0.25) is 0 Å². The van der Waals surface area contributed by atoms with Crippen molar-refractivity contribution in [3.8, 4) is 0 Å². The molecule has 4 heteroatoms. The highest BCUT2D eigenvalue weighted by Gasteiger charge is 2.22. The number of pyridine rings is 1. The summed E-state index contributed by atoms with van der Waals surface area (Å²) >= 11 is 0. The van der Waals surface area contributed by atoms with Crippen molar-refractivity contribution in [2.75, 3.05) is 26.7 Å². The summed E-state index contributed by atoms with van der Waals surface area (Å²) in [5, 5.41) is 3.26. The van der Waals surface area contributed by atoms with E-state index in [1.54, 1.807) is 0 Å². The molecule has 2 rings (SSSR count). The van der Waals surface area contributed by atoms with Gasteiger partial charge in [-0.1, -0.05) is 6.07 Å². The summed E-state index contributed by atoms with van der Waals surface area (Å²) < 4.78 is 0. The maximum absolute atomic E-state index is 4.46. The van der Waals surface area contributed by atoms with Gasteiger partial charge in [0.15, 0.2) is 0 Å². The summed E-state index contributed by atoms with van der Waals surface area (Å²) in [6, 6.07) is 4.15. The minimum Gasteiger partial charge on any atom is -0.319 e. The van der Waals surface area contributed by atoms with Crippen molar-refractivity contribution in [1.82, 2.24) is 15.2 Å². The van der Waals surface area contributed by atoms with Crippen LogP contribution in [0.5, 0.6) is 0 Å². The van der Waals surface area contributed by atoms with Crippen LogP contribution in [0.3, 0.4) is 0 Å². The lowest BCUT2D eigenvalue weighted by Gasteiger charge is -2.16. The number of rotatable bonds is 4. The fraction of sp³-hybridized carbons (Fsp3) is 0.615. The first-order valence-corrected chi connectivity index (χ1v) is 6.07. The monoisotopic (exact) mass is 255 g/mol. The number of aryl methyl sites for hydroxylation is 1. The van der Waals surface area contributed by atoms with Crippen LogP contribution in [0.15, 0.2) is 18.3 Å².